The van der Waals surface area contributed by atoms with Crippen molar-refractivity contribution in [2.24, 2.45) is 11.7 Å². The SMILES string of the molecule is CC(C)CC(CN)NC(=O)C(C)NC(=O)Nc1ccccc1. The molecule has 0 spiro atoms. The van der Waals surface area contributed by atoms with Gasteiger partial charge in [-0.05, 0) is 31.4 Å². The normalized spacial score (nSPS) is 13.3. The van der Waals surface area contributed by atoms with E-state index in [9.17, 15) is 9.59 Å². The van der Waals surface area contributed by atoms with Crippen molar-refractivity contribution in [2.75, 3.05) is 11.9 Å². The lowest BCUT2D eigenvalue weighted by Crippen LogP contribution is -2.51. The highest BCUT2D eigenvalue weighted by Crippen LogP contribution is 2.05. The first-order valence-corrected chi connectivity index (χ1v) is 7.55. The van der Waals surface area contributed by atoms with Crippen LogP contribution >= 0.6 is 0 Å². The summed E-state index contributed by atoms with van der Waals surface area (Å²) >= 11 is 0. The number of anilines is 1. The smallest absolute Gasteiger partial charge is 0.319 e. The second-order valence-corrected chi connectivity index (χ2v) is 5.76. The molecule has 0 aromatic heterocycles. The zero-order valence-electron chi connectivity index (χ0n) is 13.4. The summed E-state index contributed by atoms with van der Waals surface area (Å²) in [6, 6.07) is 7.93. The van der Waals surface area contributed by atoms with Crippen molar-refractivity contribution in [1.29, 1.82) is 0 Å². The third-order valence-corrected chi connectivity index (χ3v) is 3.16. The number of nitrogens with one attached hydrogen (secondary N) is 3. The summed E-state index contributed by atoms with van der Waals surface area (Å²) in [4.78, 5) is 23.9. The van der Waals surface area contributed by atoms with Gasteiger partial charge >= 0.3 is 6.03 Å². The topological polar surface area (TPSA) is 96.2 Å². The molecule has 0 radical (unpaired) electrons. The number of carbonyl (C=O) groups excluding carboxylic acids is 2. The van der Waals surface area contributed by atoms with E-state index in [2.05, 4.69) is 29.8 Å². The summed E-state index contributed by atoms with van der Waals surface area (Å²) in [7, 11) is 0. The van der Waals surface area contributed by atoms with E-state index >= 15 is 0 Å². The predicted molar refractivity (Wildman–Crippen MR) is 88.5 cm³/mol. The van der Waals surface area contributed by atoms with Gasteiger partial charge in [0.05, 0.1) is 0 Å². The first-order valence-electron chi connectivity index (χ1n) is 7.55. The molecule has 2 unspecified atom stereocenters. The summed E-state index contributed by atoms with van der Waals surface area (Å²) in [6.07, 6.45) is 0.811. The van der Waals surface area contributed by atoms with E-state index < -0.39 is 12.1 Å². The number of amides is 3. The number of hydrogen-bond acceptors (Lipinski definition) is 3. The summed E-state index contributed by atoms with van der Waals surface area (Å²) in [5.74, 6) is 0.206. The zero-order chi connectivity index (χ0) is 16.5. The van der Waals surface area contributed by atoms with E-state index in [-0.39, 0.29) is 11.9 Å². The molecular formula is C16H26N4O2. The van der Waals surface area contributed by atoms with Gasteiger partial charge in [-0.3, -0.25) is 4.79 Å². The van der Waals surface area contributed by atoms with Gasteiger partial charge in [0.2, 0.25) is 5.91 Å². The fourth-order valence-corrected chi connectivity index (χ4v) is 2.06. The molecule has 0 bridgehead atoms. The van der Waals surface area contributed by atoms with Gasteiger partial charge in [-0.2, -0.15) is 0 Å². The molecule has 0 fully saturated rings. The Bertz CT molecular complexity index is 476. The molecule has 0 heterocycles. The minimum Gasteiger partial charge on any atom is -0.350 e. The fraction of sp³-hybridized carbons (Fsp3) is 0.500. The first kappa shape index (κ1) is 18.0. The molecule has 122 valence electrons. The molecule has 6 nitrogen and oxygen atoms in total. The number of urea groups is 1. The van der Waals surface area contributed by atoms with Crippen molar-refractivity contribution in [2.45, 2.75) is 39.3 Å². The molecule has 1 rings (SSSR count). The quantitative estimate of drug-likeness (QED) is 0.617. The van der Waals surface area contributed by atoms with E-state index in [4.69, 9.17) is 5.73 Å². The van der Waals surface area contributed by atoms with Gasteiger partial charge in [0.15, 0.2) is 0 Å². The summed E-state index contributed by atoms with van der Waals surface area (Å²) in [6.45, 7) is 6.17. The minimum absolute atomic E-state index is 0.0751. The van der Waals surface area contributed by atoms with E-state index in [1.807, 2.05) is 18.2 Å². The van der Waals surface area contributed by atoms with Gasteiger partial charge in [-0.15, -0.1) is 0 Å². The fourth-order valence-electron chi connectivity index (χ4n) is 2.06. The zero-order valence-corrected chi connectivity index (χ0v) is 13.4. The van der Waals surface area contributed by atoms with Gasteiger partial charge in [0.1, 0.15) is 6.04 Å². The molecule has 0 saturated carbocycles. The predicted octanol–water partition coefficient (Wildman–Crippen LogP) is 1.69. The molecule has 0 aliphatic carbocycles. The number of hydrogen-bond donors (Lipinski definition) is 4. The standard InChI is InChI=1S/C16H26N4O2/c1-11(2)9-14(10-17)19-15(21)12(3)18-16(22)20-13-7-5-4-6-8-13/h4-8,11-12,14H,9-10,17H2,1-3H3,(H,19,21)(H2,18,20,22). The highest BCUT2D eigenvalue weighted by molar-refractivity contribution is 5.93. The minimum atomic E-state index is -0.634. The van der Waals surface area contributed by atoms with Crippen molar-refractivity contribution in [3.8, 4) is 0 Å². The molecule has 0 saturated heterocycles. The lowest BCUT2D eigenvalue weighted by Gasteiger charge is -2.21. The van der Waals surface area contributed by atoms with Crippen LogP contribution in [0.15, 0.2) is 30.3 Å². The van der Waals surface area contributed by atoms with E-state index in [0.29, 0.717) is 18.2 Å². The molecule has 3 amide bonds. The number of benzene rings is 1. The number of para-hydroxylation sites is 1. The Kier molecular flexibility index (Phi) is 7.39. The summed E-state index contributed by atoms with van der Waals surface area (Å²) in [5.41, 5.74) is 6.33. The maximum Gasteiger partial charge on any atom is 0.319 e. The molecule has 0 aliphatic rings. The third kappa shape index (κ3) is 6.58. The van der Waals surface area contributed by atoms with Gasteiger partial charge in [-0.1, -0.05) is 32.0 Å². The van der Waals surface area contributed by atoms with E-state index in [1.165, 1.54) is 0 Å². The van der Waals surface area contributed by atoms with E-state index in [1.54, 1.807) is 19.1 Å². The van der Waals surface area contributed by atoms with Gasteiger partial charge in [-0.25, -0.2) is 4.79 Å². The van der Waals surface area contributed by atoms with Crippen molar-refractivity contribution in [3.63, 3.8) is 0 Å². The molecule has 6 heteroatoms. The van der Waals surface area contributed by atoms with Crippen molar-refractivity contribution >= 4 is 17.6 Å². The Morgan fingerprint density at radius 1 is 1.09 bits per heavy atom. The number of carbonyl (C=O) groups is 2. The van der Waals surface area contributed by atoms with Crippen molar-refractivity contribution in [3.05, 3.63) is 30.3 Å². The van der Waals surface area contributed by atoms with Crippen LogP contribution < -0.4 is 21.7 Å². The van der Waals surface area contributed by atoms with Crippen LogP contribution in [-0.2, 0) is 4.79 Å². The maximum absolute atomic E-state index is 12.1. The third-order valence-electron chi connectivity index (χ3n) is 3.16. The second-order valence-electron chi connectivity index (χ2n) is 5.76. The summed E-state index contributed by atoms with van der Waals surface area (Å²) < 4.78 is 0. The largest absolute Gasteiger partial charge is 0.350 e. The van der Waals surface area contributed by atoms with Crippen LogP contribution in [0.3, 0.4) is 0 Å². The average molecular weight is 306 g/mol. The van der Waals surface area contributed by atoms with Gasteiger partial charge < -0.3 is 21.7 Å². The molecular weight excluding hydrogens is 280 g/mol. The molecule has 22 heavy (non-hydrogen) atoms. The number of nitrogens with two attached hydrogens (primary N) is 1. The number of rotatable bonds is 7. The van der Waals surface area contributed by atoms with Crippen molar-refractivity contribution < 1.29 is 9.59 Å². The Hall–Kier alpha value is -2.08. The van der Waals surface area contributed by atoms with Crippen LogP contribution in [-0.4, -0.2) is 30.6 Å². The van der Waals surface area contributed by atoms with Crippen LogP contribution in [0.25, 0.3) is 0 Å². The van der Waals surface area contributed by atoms with Crippen LogP contribution in [0.1, 0.15) is 27.2 Å². The molecule has 1 aromatic rings. The second kappa shape index (κ2) is 9.04. The highest BCUT2D eigenvalue weighted by Gasteiger charge is 2.19. The van der Waals surface area contributed by atoms with Gasteiger partial charge in [0, 0.05) is 18.3 Å². The molecule has 1 aromatic carbocycles. The molecule has 5 N–H and O–H groups in total. The average Bonchev–Trinajstić information content (AvgIpc) is 2.46. The summed E-state index contributed by atoms with van der Waals surface area (Å²) in [5, 5.41) is 8.14. The van der Waals surface area contributed by atoms with E-state index in [0.717, 1.165) is 6.42 Å². The van der Waals surface area contributed by atoms with Crippen molar-refractivity contribution in [1.82, 2.24) is 10.6 Å². The Morgan fingerprint density at radius 3 is 2.27 bits per heavy atom. The van der Waals surface area contributed by atoms with Gasteiger partial charge in [0.25, 0.3) is 0 Å². The Labute approximate surface area is 131 Å². The van der Waals surface area contributed by atoms with Crippen LogP contribution in [0.5, 0.6) is 0 Å². The first-order chi connectivity index (χ1) is 10.4. The monoisotopic (exact) mass is 306 g/mol. The Morgan fingerprint density at radius 2 is 1.73 bits per heavy atom. The Balaban J connectivity index is 2.44. The van der Waals surface area contributed by atoms with Crippen LogP contribution in [0.2, 0.25) is 0 Å². The van der Waals surface area contributed by atoms with Crippen LogP contribution in [0, 0.1) is 5.92 Å². The highest BCUT2D eigenvalue weighted by atomic mass is 16.2. The lowest BCUT2D eigenvalue weighted by molar-refractivity contribution is -0.123. The molecule has 2 atom stereocenters. The maximum atomic E-state index is 12.1. The molecule has 0 aliphatic heterocycles. The lowest BCUT2D eigenvalue weighted by atomic mass is 10.0. The van der Waals surface area contributed by atoms with Crippen LogP contribution in [0.4, 0.5) is 10.5 Å².